The molecule has 0 radical (unpaired) electrons. The molecule has 7 nitrogen and oxygen atoms in total. The Labute approximate surface area is 206 Å². The van der Waals surface area contributed by atoms with Gasteiger partial charge >= 0.3 is 0 Å². The number of likely N-dealkylation sites (tertiary alicyclic amines) is 1. The van der Waals surface area contributed by atoms with Crippen LogP contribution in [-0.4, -0.2) is 42.8 Å². The highest BCUT2D eigenvalue weighted by molar-refractivity contribution is 5.98. The summed E-state index contributed by atoms with van der Waals surface area (Å²) in [5.74, 6) is -2.98. The molecular weight excluding hydrogens is 469 g/mol. The molecule has 1 aliphatic rings. The summed E-state index contributed by atoms with van der Waals surface area (Å²) in [5, 5.41) is 5.18. The monoisotopic (exact) mass is 496 g/mol. The summed E-state index contributed by atoms with van der Waals surface area (Å²) in [7, 11) is 0. The van der Waals surface area contributed by atoms with E-state index in [4.69, 9.17) is 15.6 Å². The van der Waals surface area contributed by atoms with Gasteiger partial charge in [0, 0.05) is 23.2 Å². The van der Waals surface area contributed by atoms with E-state index < -0.39 is 17.5 Å². The zero-order chi connectivity index (χ0) is 25.6. The Kier molecular flexibility index (Phi) is 6.07. The lowest BCUT2D eigenvalue weighted by molar-refractivity contribution is 0.110. The van der Waals surface area contributed by atoms with E-state index in [9.17, 15) is 8.78 Å². The molecule has 5 rings (SSSR count). The lowest BCUT2D eigenvalue weighted by Crippen LogP contribution is -2.46. The van der Waals surface area contributed by atoms with Gasteiger partial charge in [-0.05, 0) is 64.4 Å². The Morgan fingerprint density at radius 2 is 1.89 bits per heavy atom. The van der Waals surface area contributed by atoms with Crippen LogP contribution in [0.4, 0.5) is 19.0 Å². The number of benzene rings is 2. The Morgan fingerprint density at radius 3 is 2.64 bits per heavy atom. The largest absolute Gasteiger partial charge is 0.454 e. The second-order valence-electron chi connectivity index (χ2n) is 9.94. The van der Waals surface area contributed by atoms with Gasteiger partial charge in [0.2, 0.25) is 5.82 Å². The fourth-order valence-corrected chi connectivity index (χ4v) is 4.90. The number of anilines is 1. The Balaban J connectivity index is 1.51. The maximum Gasteiger partial charge on any atom is 0.201 e. The van der Waals surface area contributed by atoms with Crippen LogP contribution in [0.2, 0.25) is 0 Å². The van der Waals surface area contributed by atoms with Gasteiger partial charge in [-0.3, -0.25) is 4.90 Å². The zero-order valence-corrected chi connectivity index (χ0v) is 20.3. The van der Waals surface area contributed by atoms with Crippen molar-refractivity contribution in [1.29, 1.82) is 0 Å². The van der Waals surface area contributed by atoms with Crippen molar-refractivity contribution >= 4 is 16.9 Å². The smallest absolute Gasteiger partial charge is 0.201 e. The topological polar surface area (TPSA) is 82.1 Å². The second kappa shape index (κ2) is 9.09. The van der Waals surface area contributed by atoms with Crippen LogP contribution in [0.3, 0.4) is 0 Å². The van der Waals surface area contributed by atoms with Crippen molar-refractivity contribution in [2.75, 3.05) is 12.3 Å². The number of hydrogen-bond donors (Lipinski definition) is 1. The molecule has 10 heteroatoms. The van der Waals surface area contributed by atoms with Crippen molar-refractivity contribution in [3.05, 3.63) is 60.2 Å². The second-order valence-corrected chi connectivity index (χ2v) is 9.94. The minimum absolute atomic E-state index is 0.00401. The Hall–Kier alpha value is -3.66. The summed E-state index contributed by atoms with van der Waals surface area (Å²) >= 11 is 0. The van der Waals surface area contributed by atoms with Gasteiger partial charge in [-0.2, -0.15) is 9.49 Å². The molecule has 2 N–H and O–H groups in total. The Bertz CT molecular complexity index is 1430. The summed E-state index contributed by atoms with van der Waals surface area (Å²) in [4.78, 5) is 10.9. The van der Waals surface area contributed by atoms with Crippen molar-refractivity contribution in [1.82, 2.24) is 24.6 Å². The van der Waals surface area contributed by atoms with Crippen molar-refractivity contribution < 1.29 is 17.9 Å². The van der Waals surface area contributed by atoms with Gasteiger partial charge in [0.15, 0.2) is 17.2 Å². The van der Waals surface area contributed by atoms with E-state index in [1.165, 1.54) is 30.6 Å². The van der Waals surface area contributed by atoms with Crippen molar-refractivity contribution in [3.63, 3.8) is 0 Å². The predicted octanol–water partition coefficient (Wildman–Crippen LogP) is 5.55. The van der Waals surface area contributed by atoms with Crippen LogP contribution < -0.4 is 10.5 Å². The first-order chi connectivity index (χ1) is 17.1. The number of halogens is 3. The molecule has 0 unspecified atom stereocenters. The molecule has 2 aromatic carbocycles. The molecule has 0 saturated carbocycles. The number of nitrogens with zero attached hydrogens (tertiary/aromatic N) is 5. The number of ether oxygens (including phenoxy) is 1. The minimum Gasteiger partial charge on any atom is -0.454 e. The van der Waals surface area contributed by atoms with Gasteiger partial charge in [-0.25, -0.2) is 23.4 Å². The number of nitrogen functional groups attached to an aromatic ring is 1. The molecule has 1 atom stereocenters. The number of hydrogen-bond acceptors (Lipinski definition) is 6. The quantitative estimate of drug-likeness (QED) is 0.390. The molecule has 1 aliphatic heterocycles. The van der Waals surface area contributed by atoms with Gasteiger partial charge in [-0.1, -0.05) is 6.07 Å². The SMILES string of the molecule is CC(C)(C)N1CCC[C@H]1Cn1nc(-c2ccc(Oc3cccc(F)c3F)cc2F)c2c(N)ncnc21. The summed E-state index contributed by atoms with van der Waals surface area (Å²) in [6, 6.07) is 7.84. The molecule has 1 fully saturated rings. The summed E-state index contributed by atoms with van der Waals surface area (Å²) in [6.07, 6.45) is 3.48. The first-order valence-corrected chi connectivity index (χ1v) is 11.8. The van der Waals surface area contributed by atoms with Gasteiger partial charge in [0.05, 0.1) is 11.9 Å². The number of aromatic nitrogens is 4. The summed E-state index contributed by atoms with van der Waals surface area (Å²) < 4.78 is 50.0. The average Bonchev–Trinajstić information content (AvgIpc) is 3.43. The fourth-order valence-electron chi connectivity index (χ4n) is 4.90. The van der Waals surface area contributed by atoms with Crippen LogP contribution in [-0.2, 0) is 6.54 Å². The molecule has 188 valence electrons. The molecule has 1 saturated heterocycles. The standard InChI is InChI=1S/C26H27F3N6O/c1-26(2,3)34-11-5-6-15(34)13-35-25-21(24(30)31-14-32-25)23(33-35)17-10-9-16(12-19(17)28)36-20-8-4-7-18(27)22(20)29/h4,7-10,12,14-15H,5-6,11,13H2,1-3H3,(H2,30,31,32)/t15-/m0/s1. The molecule has 2 aromatic heterocycles. The third-order valence-electron chi connectivity index (χ3n) is 6.52. The van der Waals surface area contributed by atoms with E-state index in [-0.39, 0.29) is 34.5 Å². The van der Waals surface area contributed by atoms with E-state index >= 15 is 4.39 Å². The average molecular weight is 497 g/mol. The summed E-state index contributed by atoms with van der Waals surface area (Å²) in [5.41, 5.74) is 7.20. The molecular formula is C26H27F3N6O. The molecule has 4 aromatic rings. The number of nitrogens with two attached hydrogens (primary N) is 1. The highest BCUT2D eigenvalue weighted by Gasteiger charge is 2.34. The van der Waals surface area contributed by atoms with E-state index in [2.05, 4.69) is 35.6 Å². The van der Waals surface area contributed by atoms with E-state index in [1.54, 1.807) is 4.68 Å². The first kappa shape index (κ1) is 24.1. The van der Waals surface area contributed by atoms with Gasteiger partial charge in [0.25, 0.3) is 0 Å². The van der Waals surface area contributed by atoms with E-state index in [0.29, 0.717) is 23.3 Å². The first-order valence-electron chi connectivity index (χ1n) is 11.8. The molecule has 0 amide bonds. The highest BCUT2D eigenvalue weighted by atomic mass is 19.2. The molecule has 36 heavy (non-hydrogen) atoms. The number of fused-ring (bicyclic) bond motifs is 1. The van der Waals surface area contributed by atoms with Crippen LogP contribution in [0.1, 0.15) is 33.6 Å². The van der Waals surface area contributed by atoms with E-state index in [0.717, 1.165) is 31.5 Å². The van der Waals surface area contributed by atoms with Crippen molar-refractivity contribution in [2.45, 2.75) is 51.7 Å². The maximum absolute atomic E-state index is 15.3. The van der Waals surface area contributed by atoms with Crippen LogP contribution in [0.25, 0.3) is 22.3 Å². The van der Waals surface area contributed by atoms with Crippen LogP contribution in [0, 0.1) is 17.5 Å². The summed E-state index contributed by atoms with van der Waals surface area (Å²) in [6.45, 7) is 8.14. The molecule has 0 bridgehead atoms. The van der Waals surface area contributed by atoms with Gasteiger partial charge in [0.1, 0.15) is 29.4 Å². The number of rotatable bonds is 5. The molecule has 3 heterocycles. The van der Waals surface area contributed by atoms with Gasteiger partial charge in [-0.15, -0.1) is 0 Å². The van der Waals surface area contributed by atoms with Crippen LogP contribution >= 0.6 is 0 Å². The van der Waals surface area contributed by atoms with Crippen molar-refractivity contribution in [3.8, 4) is 22.8 Å². The van der Waals surface area contributed by atoms with Crippen LogP contribution in [0.5, 0.6) is 11.5 Å². The maximum atomic E-state index is 15.3. The predicted molar refractivity (Wildman–Crippen MR) is 131 cm³/mol. The fraction of sp³-hybridized carbons (Fsp3) is 0.346. The van der Waals surface area contributed by atoms with E-state index in [1.807, 2.05) is 0 Å². The normalized spacial score (nSPS) is 16.7. The lowest BCUT2D eigenvalue weighted by Gasteiger charge is -2.37. The highest BCUT2D eigenvalue weighted by Crippen LogP contribution is 2.36. The van der Waals surface area contributed by atoms with Gasteiger partial charge < -0.3 is 10.5 Å². The third kappa shape index (κ3) is 4.37. The minimum atomic E-state index is -1.15. The molecule has 0 aliphatic carbocycles. The third-order valence-corrected chi connectivity index (χ3v) is 6.52. The lowest BCUT2D eigenvalue weighted by atomic mass is 10.0. The van der Waals surface area contributed by atoms with Crippen molar-refractivity contribution in [2.24, 2.45) is 0 Å². The van der Waals surface area contributed by atoms with Crippen LogP contribution in [0.15, 0.2) is 42.7 Å². The Morgan fingerprint density at radius 1 is 1.08 bits per heavy atom. The molecule has 0 spiro atoms. The zero-order valence-electron chi connectivity index (χ0n) is 20.3.